The van der Waals surface area contributed by atoms with E-state index in [4.69, 9.17) is 10.5 Å². The lowest BCUT2D eigenvalue weighted by Gasteiger charge is -2.25. The van der Waals surface area contributed by atoms with Gasteiger partial charge in [0.2, 0.25) is 5.88 Å². The van der Waals surface area contributed by atoms with Gasteiger partial charge >= 0.3 is 0 Å². The molecule has 1 aromatic carbocycles. The molecule has 2 N–H and O–H groups in total. The number of rotatable bonds is 3. The molecule has 0 saturated carbocycles. The maximum absolute atomic E-state index is 6.06. The molecule has 3 heteroatoms. The Hall–Kier alpha value is -1.87. The highest BCUT2D eigenvalue weighted by atomic mass is 16.5. The Balaban J connectivity index is 1.84. The molecule has 1 unspecified atom stereocenters. The molecule has 0 fully saturated rings. The van der Waals surface area contributed by atoms with Gasteiger partial charge in [-0.05, 0) is 36.5 Å². The average molecular weight is 254 g/mol. The fourth-order valence-electron chi connectivity index (χ4n) is 2.61. The van der Waals surface area contributed by atoms with Crippen LogP contribution < -0.4 is 10.5 Å². The maximum Gasteiger partial charge on any atom is 0.214 e. The van der Waals surface area contributed by atoms with E-state index in [0.29, 0.717) is 12.4 Å². The van der Waals surface area contributed by atoms with Crippen molar-refractivity contribution in [3.63, 3.8) is 0 Å². The standard InChI is InChI=1S/C16H18N2O/c17-11-13-7-4-10-16(18-13)19-15-9-3-6-12-5-1-2-8-14(12)15/h1-2,4-5,7-8,10,15H,3,6,9,11,17H2. The van der Waals surface area contributed by atoms with Gasteiger partial charge in [-0.3, -0.25) is 0 Å². The number of pyridine rings is 1. The Labute approximate surface area is 113 Å². The number of hydrogen-bond acceptors (Lipinski definition) is 3. The van der Waals surface area contributed by atoms with Crippen LogP contribution in [0.1, 0.15) is 35.8 Å². The predicted molar refractivity (Wildman–Crippen MR) is 74.9 cm³/mol. The number of nitrogens with two attached hydrogens (primary N) is 1. The van der Waals surface area contributed by atoms with Crippen LogP contribution in [0.25, 0.3) is 0 Å². The first-order valence-corrected chi connectivity index (χ1v) is 6.77. The first-order chi connectivity index (χ1) is 9.36. The maximum atomic E-state index is 6.06. The molecule has 1 atom stereocenters. The second kappa shape index (κ2) is 5.41. The molecule has 3 rings (SSSR count). The Morgan fingerprint density at radius 2 is 2.05 bits per heavy atom. The van der Waals surface area contributed by atoms with Crippen molar-refractivity contribution >= 4 is 0 Å². The van der Waals surface area contributed by atoms with E-state index in [1.807, 2.05) is 18.2 Å². The molecule has 0 radical (unpaired) electrons. The summed E-state index contributed by atoms with van der Waals surface area (Å²) in [4.78, 5) is 4.41. The summed E-state index contributed by atoms with van der Waals surface area (Å²) in [6, 6.07) is 14.3. The lowest BCUT2D eigenvalue weighted by Crippen LogP contribution is -2.16. The summed E-state index contributed by atoms with van der Waals surface area (Å²) in [5.74, 6) is 0.671. The normalized spacial score (nSPS) is 17.8. The lowest BCUT2D eigenvalue weighted by atomic mass is 9.89. The summed E-state index contributed by atoms with van der Waals surface area (Å²) < 4.78 is 6.06. The van der Waals surface area contributed by atoms with Crippen LogP contribution in [-0.4, -0.2) is 4.98 Å². The van der Waals surface area contributed by atoms with Gasteiger partial charge in [-0.2, -0.15) is 0 Å². The molecule has 0 saturated heterocycles. The van der Waals surface area contributed by atoms with Crippen molar-refractivity contribution in [1.82, 2.24) is 4.98 Å². The van der Waals surface area contributed by atoms with Crippen LogP contribution in [0.5, 0.6) is 5.88 Å². The molecule has 0 spiro atoms. The van der Waals surface area contributed by atoms with E-state index in [1.165, 1.54) is 11.1 Å². The van der Waals surface area contributed by atoms with Crippen LogP contribution in [0.3, 0.4) is 0 Å². The first-order valence-electron chi connectivity index (χ1n) is 6.77. The Kier molecular flexibility index (Phi) is 3.47. The topological polar surface area (TPSA) is 48.1 Å². The van der Waals surface area contributed by atoms with Gasteiger partial charge in [-0.15, -0.1) is 0 Å². The van der Waals surface area contributed by atoms with Gasteiger partial charge < -0.3 is 10.5 Å². The molecule has 98 valence electrons. The van der Waals surface area contributed by atoms with E-state index >= 15 is 0 Å². The number of nitrogens with zero attached hydrogens (tertiary/aromatic N) is 1. The van der Waals surface area contributed by atoms with Gasteiger partial charge in [0.1, 0.15) is 6.10 Å². The predicted octanol–water partition coefficient (Wildman–Crippen LogP) is 3.00. The Morgan fingerprint density at radius 1 is 1.16 bits per heavy atom. The highest BCUT2D eigenvalue weighted by molar-refractivity contribution is 5.32. The van der Waals surface area contributed by atoms with Crippen molar-refractivity contribution in [3.05, 3.63) is 59.3 Å². The minimum absolute atomic E-state index is 0.116. The zero-order valence-electron chi connectivity index (χ0n) is 10.9. The zero-order valence-corrected chi connectivity index (χ0v) is 10.9. The summed E-state index contributed by atoms with van der Waals surface area (Å²) >= 11 is 0. The molecular weight excluding hydrogens is 236 g/mol. The largest absolute Gasteiger partial charge is 0.469 e. The third-order valence-corrected chi connectivity index (χ3v) is 3.57. The molecule has 0 bridgehead atoms. The van der Waals surface area contributed by atoms with Crippen LogP contribution in [0.4, 0.5) is 0 Å². The molecular formula is C16H18N2O. The second-order valence-corrected chi connectivity index (χ2v) is 4.87. The molecule has 2 aromatic rings. The molecule has 1 aliphatic carbocycles. The van der Waals surface area contributed by atoms with E-state index in [2.05, 4.69) is 29.2 Å². The van der Waals surface area contributed by atoms with Gasteiger partial charge in [0.05, 0.1) is 5.69 Å². The van der Waals surface area contributed by atoms with Crippen molar-refractivity contribution < 1.29 is 4.74 Å². The van der Waals surface area contributed by atoms with Gasteiger partial charge in [-0.25, -0.2) is 4.98 Å². The molecule has 1 heterocycles. The molecule has 1 aromatic heterocycles. The van der Waals surface area contributed by atoms with Crippen molar-refractivity contribution in [3.8, 4) is 5.88 Å². The SMILES string of the molecule is NCc1cccc(OC2CCCc3ccccc32)n1. The molecule has 3 nitrogen and oxygen atoms in total. The van der Waals surface area contributed by atoms with Crippen molar-refractivity contribution in [2.24, 2.45) is 5.73 Å². The van der Waals surface area contributed by atoms with E-state index in [1.54, 1.807) is 0 Å². The van der Waals surface area contributed by atoms with Gasteiger partial charge in [0.15, 0.2) is 0 Å². The minimum Gasteiger partial charge on any atom is -0.469 e. The summed E-state index contributed by atoms with van der Waals surface area (Å²) in [6.45, 7) is 0.443. The highest BCUT2D eigenvalue weighted by Gasteiger charge is 2.21. The number of benzene rings is 1. The molecule has 19 heavy (non-hydrogen) atoms. The van der Waals surface area contributed by atoms with E-state index in [0.717, 1.165) is 25.0 Å². The van der Waals surface area contributed by atoms with Crippen LogP contribution in [0, 0.1) is 0 Å². The smallest absolute Gasteiger partial charge is 0.214 e. The third-order valence-electron chi connectivity index (χ3n) is 3.57. The summed E-state index contributed by atoms with van der Waals surface area (Å²) in [5, 5.41) is 0. The van der Waals surface area contributed by atoms with Gasteiger partial charge in [-0.1, -0.05) is 30.3 Å². The minimum atomic E-state index is 0.116. The van der Waals surface area contributed by atoms with Crippen molar-refractivity contribution in [2.45, 2.75) is 31.9 Å². The highest BCUT2D eigenvalue weighted by Crippen LogP contribution is 2.32. The average Bonchev–Trinajstić information content (AvgIpc) is 2.48. The van der Waals surface area contributed by atoms with Crippen LogP contribution in [0.15, 0.2) is 42.5 Å². The number of aromatic nitrogens is 1. The second-order valence-electron chi connectivity index (χ2n) is 4.87. The van der Waals surface area contributed by atoms with Gasteiger partial charge in [0, 0.05) is 12.6 Å². The number of aryl methyl sites for hydroxylation is 1. The van der Waals surface area contributed by atoms with Crippen molar-refractivity contribution in [1.29, 1.82) is 0 Å². The number of ether oxygens (including phenoxy) is 1. The van der Waals surface area contributed by atoms with Gasteiger partial charge in [0.25, 0.3) is 0 Å². The monoisotopic (exact) mass is 254 g/mol. The fraction of sp³-hybridized carbons (Fsp3) is 0.312. The quantitative estimate of drug-likeness (QED) is 0.916. The summed E-state index contributed by atoms with van der Waals surface area (Å²) in [7, 11) is 0. The van der Waals surface area contributed by atoms with E-state index < -0.39 is 0 Å². The number of fused-ring (bicyclic) bond motifs is 1. The van der Waals surface area contributed by atoms with Crippen LogP contribution in [-0.2, 0) is 13.0 Å². The molecule has 1 aliphatic rings. The summed E-state index contributed by atoms with van der Waals surface area (Å²) in [5.41, 5.74) is 9.17. The van der Waals surface area contributed by atoms with E-state index in [-0.39, 0.29) is 6.10 Å². The lowest BCUT2D eigenvalue weighted by molar-refractivity contribution is 0.175. The summed E-state index contributed by atoms with van der Waals surface area (Å²) in [6.07, 6.45) is 3.47. The van der Waals surface area contributed by atoms with E-state index in [9.17, 15) is 0 Å². The zero-order chi connectivity index (χ0) is 13.1. The fourth-order valence-corrected chi connectivity index (χ4v) is 2.61. The number of hydrogen-bond donors (Lipinski definition) is 1. The first kappa shape index (κ1) is 12.2. The van der Waals surface area contributed by atoms with Crippen LogP contribution >= 0.6 is 0 Å². The molecule has 0 amide bonds. The Bertz CT molecular complexity index is 568. The molecule has 0 aliphatic heterocycles. The Morgan fingerprint density at radius 3 is 2.95 bits per heavy atom. The van der Waals surface area contributed by atoms with Crippen LogP contribution in [0.2, 0.25) is 0 Å². The third kappa shape index (κ3) is 2.61. The van der Waals surface area contributed by atoms with Crippen molar-refractivity contribution in [2.75, 3.05) is 0 Å².